The number of rotatable bonds is 7. The van der Waals surface area contributed by atoms with Crippen molar-refractivity contribution in [3.05, 3.63) is 0 Å². The van der Waals surface area contributed by atoms with Crippen LogP contribution in [0.3, 0.4) is 0 Å². The maximum absolute atomic E-state index is 11.9. The number of ether oxygens (including phenoxy) is 1. The zero-order valence-electron chi connectivity index (χ0n) is 11.2. The summed E-state index contributed by atoms with van der Waals surface area (Å²) in [7, 11) is -1.92. The summed E-state index contributed by atoms with van der Waals surface area (Å²) in [5.74, 6) is 0. The van der Waals surface area contributed by atoms with Crippen LogP contribution in [0.25, 0.3) is 0 Å². The molecule has 0 aliphatic carbocycles. The van der Waals surface area contributed by atoms with Crippen molar-refractivity contribution in [2.45, 2.75) is 26.2 Å². The Morgan fingerprint density at radius 1 is 1.39 bits per heavy atom. The minimum atomic E-state index is -3.44. The van der Waals surface area contributed by atoms with E-state index in [9.17, 15) is 8.42 Å². The first-order valence-electron chi connectivity index (χ1n) is 6.29. The molecule has 0 spiro atoms. The van der Waals surface area contributed by atoms with E-state index >= 15 is 0 Å². The summed E-state index contributed by atoms with van der Waals surface area (Å²) in [4.78, 5) is 0. The average Bonchev–Trinajstić information content (AvgIpc) is 2.35. The van der Waals surface area contributed by atoms with Crippen LogP contribution in [0, 0.1) is 5.41 Å². The van der Waals surface area contributed by atoms with Gasteiger partial charge in [-0.25, -0.2) is 4.72 Å². The molecule has 0 radical (unpaired) electrons. The van der Waals surface area contributed by atoms with Gasteiger partial charge in [-0.2, -0.15) is 12.7 Å². The molecular weight excluding hydrogens is 256 g/mol. The van der Waals surface area contributed by atoms with E-state index in [0.29, 0.717) is 32.7 Å². The van der Waals surface area contributed by atoms with E-state index in [1.54, 1.807) is 0 Å². The quantitative estimate of drug-likeness (QED) is 0.685. The minimum Gasteiger partial charge on any atom is -0.396 e. The Bertz CT molecular complexity index is 339. The molecule has 6 nitrogen and oxygen atoms in total. The van der Waals surface area contributed by atoms with Gasteiger partial charge in [0.2, 0.25) is 0 Å². The van der Waals surface area contributed by atoms with Gasteiger partial charge in [-0.15, -0.1) is 0 Å². The Morgan fingerprint density at radius 2 is 2.00 bits per heavy atom. The summed E-state index contributed by atoms with van der Waals surface area (Å²) in [6.45, 7) is 4.21. The van der Waals surface area contributed by atoms with Gasteiger partial charge in [-0.3, -0.25) is 0 Å². The molecular formula is C11H24N2O4S. The average molecular weight is 280 g/mol. The van der Waals surface area contributed by atoms with Crippen molar-refractivity contribution in [3.63, 3.8) is 0 Å². The molecule has 2 N–H and O–H groups in total. The molecule has 0 aromatic rings. The molecule has 0 aromatic carbocycles. The maximum Gasteiger partial charge on any atom is 0.279 e. The standard InChI is InChI=1S/C11H24N2O4S/c1-11(4-8-17-9-5-11)10-12-18(15,16)13(2)6-3-7-14/h12,14H,3-10H2,1-2H3. The van der Waals surface area contributed by atoms with E-state index in [4.69, 9.17) is 9.84 Å². The second-order valence-corrected chi connectivity index (χ2v) is 7.01. The fourth-order valence-corrected chi connectivity index (χ4v) is 2.95. The first-order chi connectivity index (χ1) is 8.40. The van der Waals surface area contributed by atoms with Crippen LogP contribution in [0.15, 0.2) is 0 Å². The molecule has 0 bridgehead atoms. The Kier molecular flexibility index (Phi) is 6.00. The highest BCUT2D eigenvalue weighted by Crippen LogP contribution is 2.28. The maximum atomic E-state index is 11.9. The van der Waals surface area contributed by atoms with E-state index < -0.39 is 10.2 Å². The van der Waals surface area contributed by atoms with Gasteiger partial charge < -0.3 is 9.84 Å². The second kappa shape index (κ2) is 6.81. The van der Waals surface area contributed by atoms with Crippen LogP contribution in [0.1, 0.15) is 26.2 Å². The summed E-state index contributed by atoms with van der Waals surface area (Å²) in [6.07, 6.45) is 2.19. The molecule has 0 saturated carbocycles. The summed E-state index contributed by atoms with van der Waals surface area (Å²) in [5, 5.41) is 8.70. The third-order valence-electron chi connectivity index (χ3n) is 3.42. The lowest BCUT2D eigenvalue weighted by atomic mass is 9.83. The number of nitrogens with zero attached hydrogens (tertiary/aromatic N) is 1. The SMILES string of the molecule is CN(CCCO)S(=O)(=O)NCC1(C)CCOCC1. The molecule has 1 aliphatic rings. The largest absolute Gasteiger partial charge is 0.396 e. The van der Waals surface area contributed by atoms with Gasteiger partial charge >= 0.3 is 0 Å². The van der Waals surface area contributed by atoms with Crippen molar-refractivity contribution in [3.8, 4) is 0 Å². The Morgan fingerprint density at radius 3 is 2.56 bits per heavy atom. The van der Waals surface area contributed by atoms with E-state index in [0.717, 1.165) is 12.8 Å². The van der Waals surface area contributed by atoms with Crippen molar-refractivity contribution in [1.29, 1.82) is 0 Å². The van der Waals surface area contributed by atoms with Crippen molar-refractivity contribution < 1.29 is 18.3 Å². The van der Waals surface area contributed by atoms with Crippen LogP contribution in [0.2, 0.25) is 0 Å². The molecule has 0 unspecified atom stereocenters. The first kappa shape index (κ1) is 15.8. The van der Waals surface area contributed by atoms with Gasteiger partial charge in [0.25, 0.3) is 10.2 Å². The molecule has 1 rings (SSSR count). The lowest BCUT2D eigenvalue weighted by molar-refractivity contribution is 0.0263. The van der Waals surface area contributed by atoms with Gasteiger partial charge in [0.1, 0.15) is 0 Å². The summed E-state index contributed by atoms with van der Waals surface area (Å²) < 4.78 is 33.0. The van der Waals surface area contributed by atoms with Crippen LogP contribution in [-0.2, 0) is 14.9 Å². The lowest BCUT2D eigenvalue weighted by Crippen LogP contribution is -2.45. The fraction of sp³-hybridized carbons (Fsp3) is 1.00. The number of hydrogen-bond acceptors (Lipinski definition) is 4. The highest BCUT2D eigenvalue weighted by molar-refractivity contribution is 7.87. The number of aliphatic hydroxyl groups excluding tert-OH is 1. The molecule has 7 heteroatoms. The van der Waals surface area contributed by atoms with Gasteiger partial charge in [-0.05, 0) is 24.7 Å². The number of hydrogen-bond donors (Lipinski definition) is 2. The molecule has 18 heavy (non-hydrogen) atoms. The normalized spacial score (nSPS) is 20.2. The van der Waals surface area contributed by atoms with Gasteiger partial charge in [0, 0.05) is 40.0 Å². The molecule has 1 saturated heterocycles. The molecule has 1 heterocycles. The molecule has 108 valence electrons. The van der Waals surface area contributed by atoms with Crippen molar-refractivity contribution in [2.24, 2.45) is 5.41 Å². The van der Waals surface area contributed by atoms with Crippen LogP contribution in [-0.4, -0.2) is 57.8 Å². The smallest absolute Gasteiger partial charge is 0.279 e. The lowest BCUT2D eigenvalue weighted by Gasteiger charge is -2.34. The number of nitrogens with one attached hydrogen (secondary N) is 1. The van der Waals surface area contributed by atoms with Gasteiger partial charge in [0.05, 0.1) is 0 Å². The highest BCUT2D eigenvalue weighted by atomic mass is 32.2. The van der Waals surface area contributed by atoms with Crippen molar-refractivity contribution >= 4 is 10.2 Å². The zero-order chi connectivity index (χ0) is 13.6. The molecule has 1 fully saturated rings. The first-order valence-corrected chi connectivity index (χ1v) is 7.73. The zero-order valence-corrected chi connectivity index (χ0v) is 12.0. The van der Waals surface area contributed by atoms with E-state index in [-0.39, 0.29) is 12.0 Å². The summed E-state index contributed by atoms with van der Waals surface area (Å²) in [5.41, 5.74) is -0.0247. The third kappa shape index (κ3) is 4.81. The van der Waals surface area contributed by atoms with Crippen molar-refractivity contribution in [1.82, 2.24) is 9.03 Å². The minimum absolute atomic E-state index is 0.00505. The van der Waals surface area contributed by atoms with Crippen LogP contribution in [0.5, 0.6) is 0 Å². The molecule has 0 amide bonds. The molecule has 0 atom stereocenters. The molecule has 0 aromatic heterocycles. The second-order valence-electron chi connectivity index (χ2n) is 5.15. The van der Waals surface area contributed by atoms with E-state index in [2.05, 4.69) is 11.6 Å². The van der Waals surface area contributed by atoms with Gasteiger partial charge in [0.15, 0.2) is 0 Å². The van der Waals surface area contributed by atoms with Gasteiger partial charge in [-0.1, -0.05) is 6.92 Å². The topological polar surface area (TPSA) is 78.9 Å². The Balaban J connectivity index is 2.45. The monoisotopic (exact) mass is 280 g/mol. The van der Waals surface area contributed by atoms with E-state index in [1.807, 2.05) is 0 Å². The fourth-order valence-electron chi connectivity index (χ4n) is 1.83. The predicted octanol–water partition coefficient (Wildman–Crippen LogP) is -0.0483. The highest BCUT2D eigenvalue weighted by Gasteiger charge is 2.29. The van der Waals surface area contributed by atoms with Crippen LogP contribution < -0.4 is 4.72 Å². The Labute approximate surface area is 109 Å². The summed E-state index contributed by atoms with van der Waals surface area (Å²) >= 11 is 0. The van der Waals surface area contributed by atoms with E-state index in [1.165, 1.54) is 11.4 Å². The van der Waals surface area contributed by atoms with Crippen LogP contribution in [0.4, 0.5) is 0 Å². The summed E-state index contributed by atoms with van der Waals surface area (Å²) in [6, 6.07) is 0. The number of aliphatic hydroxyl groups is 1. The Hall–Kier alpha value is -0.210. The van der Waals surface area contributed by atoms with Crippen LogP contribution >= 0.6 is 0 Å². The predicted molar refractivity (Wildman–Crippen MR) is 69.4 cm³/mol. The molecule has 1 aliphatic heterocycles. The third-order valence-corrected chi connectivity index (χ3v) is 4.94. The van der Waals surface area contributed by atoms with Crippen molar-refractivity contribution in [2.75, 3.05) is 40.0 Å².